The van der Waals surface area contributed by atoms with Crippen molar-refractivity contribution in [1.82, 2.24) is 49.5 Å². The van der Waals surface area contributed by atoms with E-state index in [0.29, 0.717) is 51.4 Å². The zero-order valence-electron chi connectivity index (χ0n) is 30.0. The number of hydrogen-bond donors (Lipinski definition) is 2. The van der Waals surface area contributed by atoms with Crippen LogP contribution in [-0.2, 0) is 34.8 Å². The van der Waals surface area contributed by atoms with Crippen molar-refractivity contribution in [2.24, 2.45) is 5.73 Å². The molecule has 1 aliphatic rings. The lowest BCUT2D eigenvalue weighted by molar-refractivity contribution is -0.107. The quantitative estimate of drug-likeness (QED) is 0.151. The van der Waals surface area contributed by atoms with Gasteiger partial charge in [0.1, 0.15) is 24.1 Å². The number of amides is 4. The van der Waals surface area contributed by atoms with Crippen molar-refractivity contribution in [2.45, 2.75) is 64.4 Å². The maximum atomic E-state index is 13.2. The van der Waals surface area contributed by atoms with Gasteiger partial charge in [-0.05, 0) is 49.9 Å². The fraction of sp³-hybridized carbons (Fsp3) is 0.361. The van der Waals surface area contributed by atoms with E-state index in [2.05, 4.69) is 25.5 Å². The Morgan fingerprint density at radius 2 is 1.62 bits per heavy atom. The molecule has 4 amide bonds. The molecule has 3 N–H and O–H groups in total. The predicted octanol–water partition coefficient (Wildman–Crippen LogP) is 2.53. The van der Waals surface area contributed by atoms with E-state index in [0.717, 1.165) is 22.4 Å². The van der Waals surface area contributed by atoms with Crippen molar-refractivity contribution in [3.63, 3.8) is 0 Å². The fourth-order valence-electron chi connectivity index (χ4n) is 5.92. The second-order valence-electron chi connectivity index (χ2n) is 13.6. The first-order chi connectivity index (χ1) is 25.4. The summed E-state index contributed by atoms with van der Waals surface area (Å²) in [4.78, 5) is 60.3. The standard InChI is InChI=1S/C36H42N12O5/c1-24(40-34(51)33-39-22-46(43-33)17-25-9-6-5-7-10-25)13-14-48-30(44(4)23-49)16-29(41-48)27-19-45(20-27)35(52)53-36(2,3)28-12-8-11-26(15-28)18-47-21-38-32(42-47)31(37)50/h5-12,15-16,21-24,27H,13-14,17-20H2,1-4H3,(H2,37,50)(H,40,51). The van der Waals surface area contributed by atoms with Crippen LogP contribution in [-0.4, -0.2) is 94.7 Å². The average Bonchev–Trinajstić information content (AvgIpc) is 3.88. The summed E-state index contributed by atoms with van der Waals surface area (Å²) in [7, 11) is 1.65. The van der Waals surface area contributed by atoms with Crippen molar-refractivity contribution >= 4 is 30.1 Å². The van der Waals surface area contributed by atoms with Crippen LogP contribution in [0.2, 0.25) is 0 Å². The van der Waals surface area contributed by atoms with Crippen LogP contribution in [0.4, 0.5) is 10.6 Å². The first-order valence-corrected chi connectivity index (χ1v) is 17.1. The summed E-state index contributed by atoms with van der Waals surface area (Å²) in [6.45, 7) is 7.63. The van der Waals surface area contributed by atoms with Crippen LogP contribution in [0.5, 0.6) is 0 Å². The number of nitrogens with zero attached hydrogens (tertiary/aromatic N) is 10. The van der Waals surface area contributed by atoms with Crippen molar-refractivity contribution in [3.05, 3.63) is 107 Å². The second kappa shape index (κ2) is 15.5. The van der Waals surface area contributed by atoms with E-state index in [9.17, 15) is 19.2 Å². The number of likely N-dealkylation sites (tertiary alicyclic amines) is 1. The summed E-state index contributed by atoms with van der Waals surface area (Å²) in [5, 5.41) is 16.1. The van der Waals surface area contributed by atoms with E-state index >= 15 is 0 Å². The third kappa shape index (κ3) is 8.74. The molecule has 17 nitrogen and oxygen atoms in total. The minimum absolute atomic E-state index is 0.0452. The zero-order chi connectivity index (χ0) is 37.7. The highest BCUT2D eigenvalue weighted by atomic mass is 16.6. The van der Waals surface area contributed by atoms with E-state index < -0.39 is 17.6 Å². The van der Waals surface area contributed by atoms with Crippen molar-refractivity contribution in [1.29, 1.82) is 0 Å². The lowest BCUT2D eigenvalue weighted by atomic mass is 9.95. The molecule has 2 aromatic carbocycles. The number of hydrogen-bond acceptors (Lipinski definition) is 10. The van der Waals surface area contributed by atoms with Gasteiger partial charge < -0.3 is 25.6 Å². The molecule has 1 saturated heterocycles. The number of anilines is 1. The minimum atomic E-state index is -0.940. The number of aryl methyl sites for hydroxylation is 1. The van der Waals surface area contributed by atoms with Gasteiger partial charge in [-0.1, -0.05) is 48.5 Å². The summed E-state index contributed by atoms with van der Waals surface area (Å²) in [5.74, 6) is -0.489. The summed E-state index contributed by atoms with van der Waals surface area (Å²) in [6.07, 6.45) is 3.77. The molecule has 1 unspecified atom stereocenters. The number of carbonyl (C=O) groups excluding carboxylic acids is 4. The largest absolute Gasteiger partial charge is 0.438 e. The van der Waals surface area contributed by atoms with Gasteiger partial charge in [0.25, 0.3) is 11.8 Å². The van der Waals surface area contributed by atoms with Gasteiger partial charge in [-0.25, -0.2) is 28.8 Å². The Hall–Kier alpha value is -6.39. The molecular weight excluding hydrogens is 680 g/mol. The molecule has 0 aliphatic carbocycles. The Balaban J connectivity index is 1.01. The van der Waals surface area contributed by atoms with Gasteiger partial charge in [0, 0.05) is 44.7 Å². The molecule has 0 bridgehead atoms. The molecule has 0 radical (unpaired) electrons. The van der Waals surface area contributed by atoms with Gasteiger partial charge >= 0.3 is 6.09 Å². The van der Waals surface area contributed by atoms with Gasteiger partial charge in [-0.2, -0.15) is 5.10 Å². The number of nitrogens with two attached hydrogens (primary N) is 1. The number of rotatable bonds is 15. The topological polar surface area (TPSA) is 201 Å². The van der Waals surface area contributed by atoms with E-state index in [-0.39, 0.29) is 29.5 Å². The van der Waals surface area contributed by atoms with Crippen LogP contribution in [0, 0.1) is 0 Å². The number of nitrogens with one attached hydrogen (secondary N) is 1. The molecule has 3 aromatic heterocycles. The monoisotopic (exact) mass is 722 g/mol. The van der Waals surface area contributed by atoms with Crippen molar-refractivity contribution in [2.75, 3.05) is 25.0 Å². The number of primary amides is 1. The fourth-order valence-corrected chi connectivity index (χ4v) is 5.92. The number of benzene rings is 2. The van der Waals surface area contributed by atoms with E-state index in [1.54, 1.807) is 21.3 Å². The molecule has 0 spiro atoms. The molecule has 6 rings (SSSR count). The van der Waals surface area contributed by atoms with Crippen molar-refractivity contribution in [3.8, 4) is 0 Å². The van der Waals surface area contributed by atoms with Gasteiger partial charge in [-0.15, -0.1) is 10.2 Å². The number of carbonyl (C=O) groups is 4. The first-order valence-electron chi connectivity index (χ1n) is 17.1. The third-order valence-electron chi connectivity index (χ3n) is 9.00. The molecule has 17 heteroatoms. The smallest absolute Gasteiger partial charge is 0.410 e. The van der Waals surface area contributed by atoms with Crippen LogP contribution in [0.25, 0.3) is 0 Å². The Bertz CT molecular complexity index is 2080. The molecule has 1 aliphatic heterocycles. The highest BCUT2D eigenvalue weighted by Gasteiger charge is 2.38. The van der Waals surface area contributed by atoms with Crippen LogP contribution in [0.15, 0.2) is 73.3 Å². The highest BCUT2D eigenvalue weighted by molar-refractivity contribution is 5.90. The Morgan fingerprint density at radius 1 is 0.962 bits per heavy atom. The highest BCUT2D eigenvalue weighted by Crippen LogP contribution is 2.32. The summed E-state index contributed by atoms with van der Waals surface area (Å²) in [5.41, 5.74) is 7.79. The number of ether oxygens (including phenoxy) is 1. The molecule has 5 aromatic rings. The van der Waals surface area contributed by atoms with E-state index in [1.807, 2.05) is 81.4 Å². The number of aromatic nitrogens is 8. The van der Waals surface area contributed by atoms with Crippen LogP contribution in [0.1, 0.15) is 76.7 Å². The Morgan fingerprint density at radius 3 is 2.30 bits per heavy atom. The maximum Gasteiger partial charge on any atom is 0.410 e. The normalized spacial score (nSPS) is 13.6. The van der Waals surface area contributed by atoms with Gasteiger partial charge in [0.15, 0.2) is 0 Å². The molecule has 0 saturated carbocycles. The van der Waals surface area contributed by atoms with E-state index in [4.69, 9.17) is 15.6 Å². The molecule has 53 heavy (non-hydrogen) atoms. The summed E-state index contributed by atoms with van der Waals surface area (Å²) < 4.78 is 10.8. The predicted molar refractivity (Wildman–Crippen MR) is 192 cm³/mol. The summed E-state index contributed by atoms with van der Waals surface area (Å²) in [6, 6.07) is 19.0. The first kappa shape index (κ1) is 36.4. The molecular formula is C36H42N12O5. The lowest BCUT2D eigenvalue weighted by Crippen LogP contribution is -2.50. The van der Waals surface area contributed by atoms with Crippen LogP contribution in [0.3, 0.4) is 0 Å². The van der Waals surface area contributed by atoms with Gasteiger partial charge in [0.2, 0.25) is 18.1 Å². The van der Waals surface area contributed by atoms with Crippen molar-refractivity contribution < 1.29 is 23.9 Å². The molecule has 4 heterocycles. The Labute approximate surface area is 305 Å². The van der Waals surface area contributed by atoms with Crippen LogP contribution >= 0.6 is 0 Å². The van der Waals surface area contributed by atoms with Gasteiger partial charge in [0.05, 0.1) is 18.8 Å². The summed E-state index contributed by atoms with van der Waals surface area (Å²) >= 11 is 0. The SMILES string of the molecule is CC(CCn1nc(C2CN(C(=O)OC(C)(C)c3cccc(Cn4cnc(C(N)=O)n4)c3)C2)cc1N(C)C=O)NC(=O)c1ncn(Cc2ccccc2)n1. The minimum Gasteiger partial charge on any atom is -0.438 e. The zero-order valence-corrected chi connectivity index (χ0v) is 30.0. The average molecular weight is 723 g/mol. The lowest BCUT2D eigenvalue weighted by Gasteiger charge is -2.39. The second-order valence-corrected chi connectivity index (χ2v) is 13.6. The molecule has 1 atom stereocenters. The van der Waals surface area contributed by atoms with Crippen LogP contribution < -0.4 is 16.0 Å². The maximum absolute atomic E-state index is 13.2. The Kier molecular flexibility index (Phi) is 10.6. The van der Waals surface area contributed by atoms with Gasteiger partial charge in [-0.3, -0.25) is 14.4 Å². The molecule has 276 valence electrons. The van der Waals surface area contributed by atoms with E-state index in [1.165, 1.54) is 22.2 Å². The molecule has 1 fully saturated rings. The third-order valence-corrected chi connectivity index (χ3v) is 9.00.